The number of benzene rings is 3. The second-order valence-electron chi connectivity index (χ2n) is 6.41. The molecule has 3 aromatic carbocycles. The fraction of sp³-hybridized carbons (Fsp3) is 0.0909. The molecule has 9 heteroatoms. The highest BCUT2D eigenvalue weighted by atomic mass is 16.6. The molecule has 0 saturated carbocycles. The van der Waals surface area contributed by atoms with Crippen molar-refractivity contribution in [2.45, 2.75) is 0 Å². The summed E-state index contributed by atoms with van der Waals surface area (Å²) in [7, 11) is 2.98. The van der Waals surface area contributed by atoms with Crippen molar-refractivity contribution in [3.8, 4) is 34.5 Å². The SMILES string of the molecule is COc1cc2nc(-c3ccc(Oc4ccc([N+](=O)[O-])cc4)cc3)oc(=O)c2cc1OC. The monoisotopic (exact) mass is 420 g/mol. The molecule has 31 heavy (non-hydrogen) atoms. The van der Waals surface area contributed by atoms with E-state index < -0.39 is 10.5 Å². The van der Waals surface area contributed by atoms with Gasteiger partial charge in [0.05, 0.1) is 30.0 Å². The molecule has 0 aliphatic heterocycles. The quantitative estimate of drug-likeness (QED) is 0.329. The minimum Gasteiger partial charge on any atom is -0.493 e. The van der Waals surface area contributed by atoms with Gasteiger partial charge in [-0.25, -0.2) is 9.78 Å². The highest BCUT2D eigenvalue weighted by Crippen LogP contribution is 2.31. The minimum absolute atomic E-state index is 0.0191. The van der Waals surface area contributed by atoms with E-state index in [4.69, 9.17) is 18.6 Å². The first kappa shape index (κ1) is 19.9. The molecule has 9 nitrogen and oxygen atoms in total. The zero-order valence-electron chi connectivity index (χ0n) is 16.5. The van der Waals surface area contributed by atoms with E-state index in [1.165, 1.54) is 44.6 Å². The minimum atomic E-state index is -0.549. The van der Waals surface area contributed by atoms with Gasteiger partial charge in [0.15, 0.2) is 11.5 Å². The summed E-state index contributed by atoms with van der Waals surface area (Å²) in [6.45, 7) is 0. The maximum Gasteiger partial charge on any atom is 0.347 e. The summed E-state index contributed by atoms with van der Waals surface area (Å²) in [6, 6.07) is 15.6. The maximum absolute atomic E-state index is 12.4. The van der Waals surface area contributed by atoms with Gasteiger partial charge in [-0.05, 0) is 36.4 Å². The molecule has 0 fully saturated rings. The van der Waals surface area contributed by atoms with Gasteiger partial charge in [0.1, 0.15) is 11.5 Å². The number of hydrogen-bond acceptors (Lipinski definition) is 8. The van der Waals surface area contributed by atoms with Gasteiger partial charge < -0.3 is 18.6 Å². The number of ether oxygens (including phenoxy) is 3. The van der Waals surface area contributed by atoms with Crippen LogP contribution >= 0.6 is 0 Å². The Hall–Kier alpha value is -4.40. The normalized spacial score (nSPS) is 10.6. The van der Waals surface area contributed by atoms with Gasteiger partial charge in [-0.2, -0.15) is 0 Å². The largest absolute Gasteiger partial charge is 0.493 e. The Labute approximate surface area is 175 Å². The molecule has 156 valence electrons. The average molecular weight is 420 g/mol. The first-order valence-electron chi connectivity index (χ1n) is 9.08. The molecule has 0 radical (unpaired) electrons. The average Bonchev–Trinajstić information content (AvgIpc) is 2.79. The van der Waals surface area contributed by atoms with E-state index in [9.17, 15) is 14.9 Å². The van der Waals surface area contributed by atoms with E-state index in [0.29, 0.717) is 34.1 Å². The Balaban J connectivity index is 1.62. The fourth-order valence-corrected chi connectivity index (χ4v) is 2.96. The number of fused-ring (bicyclic) bond motifs is 1. The third-order valence-corrected chi connectivity index (χ3v) is 4.52. The molecule has 0 unspecified atom stereocenters. The Morgan fingerprint density at radius 1 is 0.903 bits per heavy atom. The second kappa shape index (κ2) is 8.15. The van der Waals surface area contributed by atoms with E-state index >= 15 is 0 Å². The predicted molar refractivity (Wildman–Crippen MR) is 112 cm³/mol. The number of nitrogens with zero attached hydrogens (tertiary/aromatic N) is 2. The van der Waals surface area contributed by atoms with Crippen LogP contribution < -0.4 is 19.8 Å². The molecular weight excluding hydrogens is 404 g/mol. The number of nitro benzene ring substituents is 1. The third kappa shape index (κ3) is 4.01. The summed E-state index contributed by atoms with van der Waals surface area (Å²) in [6.07, 6.45) is 0. The Bertz CT molecular complexity index is 1310. The van der Waals surface area contributed by atoms with E-state index in [0.717, 1.165) is 0 Å². The van der Waals surface area contributed by atoms with Crippen LogP contribution in [-0.2, 0) is 0 Å². The lowest BCUT2D eigenvalue weighted by Crippen LogP contribution is -2.04. The van der Waals surface area contributed by atoms with Crippen LogP contribution in [-0.4, -0.2) is 24.1 Å². The summed E-state index contributed by atoms with van der Waals surface area (Å²) >= 11 is 0. The molecule has 1 aromatic heterocycles. The molecule has 4 rings (SSSR count). The third-order valence-electron chi connectivity index (χ3n) is 4.52. The lowest BCUT2D eigenvalue weighted by atomic mass is 10.2. The fourth-order valence-electron chi connectivity index (χ4n) is 2.96. The van der Waals surface area contributed by atoms with Crippen LogP contribution in [0.5, 0.6) is 23.0 Å². The summed E-state index contributed by atoms with van der Waals surface area (Å²) in [5, 5.41) is 11.0. The van der Waals surface area contributed by atoms with E-state index in [1.54, 1.807) is 30.3 Å². The van der Waals surface area contributed by atoms with Crippen molar-refractivity contribution in [1.29, 1.82) is 0 Å². The number of hydrogen-bond donors (Lipinski definition) is 0. The standard InChI is InChI=1S/C22H16N2O7/c1-28-19-11-17-18(12-20(19)29-2)23-21(31-22(17)25)13-3-7-15(8-4-13)30-16-9-5-14(6-10-16)24(26)27/h3-12H,1-2H3. The van der Waals surface area contributed by atoms with Crippen molar-refractivity contribution >= 4 is 16.6 Å². The van der Waals surface area contributed by atoms with Gasteiger partial charge in [0, 0.05) is 29.8 Å². The number of rotatable bonds is 6. The molecule has 0 spiro atoms. The van der Waals surface area contributed by atoms with Crippen LogP contribution in [0, 0.1) is 10.1 Å². The van der Waals surface area contributed by atoms with Gasteiger partial charge in [0.2, 0.25) is 5.89 Å². The molecule has 0 amide bonds. The van der Waals surface area contributed by atoms with Crippen LogP contribution in [0.4, 0.5) is 5.69 Å². The van der Waals surface area contributed by atoms with Crippen LogP contribution in [0.1, 0.15) is 0 Å². The molecule has 0 atom stereocenters. The predicted octanol–water partition coefficient (Wildman–Crippen LogP) is 4.57. The zero-order valence-corrected chi connectivity index (χ0v) is 16.5. The summed E-state index contributed by atoms with van der Waals surface area (Å²) in [5.74, 6) is 1.96. The van der Waals surface area contributed by atoms with Gasteiger partial charge in [-0.3, -0.25) is 10.1 Å². The van der Waals surface area contributed by atoms with Crippen molar-refractivity contribution in [2.75, 3.05) is 14.2 Å². The molecular formula is C22H16N2O7. The zero-order chi connectivity index (χ0) is 22.0. The van der Waals surface area contributed by atoms with Crippen LogP contribution in [0.3, 0.4) is 0 Å². The van der Waals surface area contributed by atoms with Gasteiger partial charge >= 0.3 is 5.63 Å². The second-order valence-corrected chi connectivity index (χ2v) is 6.41. The topological polar surface area (TPSA) is 114 Å². The van der Waals surface area contributed by atoms with Gasteiger partial charge in [-0.1, -0.05) is 0 Å². The Morgan fingerprint density at radius 2 is 1.48 bits per heavy atom. The van der Waals surface area contributed by atoms with E-state index in [2.05, 4.69) is 4.98 Å². The smallest absolute Gasteiger partial charge is 0.347 e. The maximum atomic E-state index is 12.4. The summed E-state index contributed by atoms with van der Waals surface area (Å²) < 4.78 is 21.5. The molecule has 0 bridgehead atoms. The van der Waals surface area contributed by atoms with E-state index in [1.807, 2.05) is 0 Å². The van der Waals surface area contributed by atoms with E-state index in [-0.39, 0.29) is 17.0 Å². The van der Waals surface area contributed by atoms with Crippen LogP contribution in [0.15, 0.2) is 69.9 Å². The van der Waals surface area contributed by atoms with Crippen LogP contribution in [0.25, 0.3) is 22.4 Å². The first-order valence-corrected chi connectivity index (χ1v) is 9.08. The lowest BCUT2D eigenvalue weighted by Gasteiger charge is -2.09. The van der Waals surface area contributed by atoms with Crippen molar-refractivity contribution in [3.63, 3.8) is 0 Å². The molecule has 4 aromatic rings. The van der Waals surface area contributed by atoms with Crippen LogP contribution in [0.2, 0.25) is 0 Å². The molecule has 1 heterocycles. The van der Waals surface area contributed by atoms with Crippen molar-refractivity contribution in [1.82, 2.24) is 4.98 Å². The summed E-state index contributed by atoms with van der Waals surface area (Å²) in [4.78, 5) is 27.1. The molecule has 0 saturated heterocycles. The summed E-state index contributed by atoms with van der Waals surface area (Å²) in [5.41, 5.74) is 0.418. The number of non-ortho nitro benzene ring substituents is 1. The van der Waals surface area contributed by atoms with Crippen molar-refractivity contribution in [2.24, 2.45) is 0 Å². The number of nitro groups is 1. The lowest BCUT2D eigenvalue weighted by molar-refractivity contribution is -0.384. The Morgan fingerprint density at radius 3 is 2.06 bits per heavy atom. The van der Waals surface area contributed by atoms with Gasteiger partial charge in [-0.15, -0.1) is 0 Å². The number of aromatic nitrogens is 1. The highest BCUT2D eigenvalue weighted by Gasteiger charge is 2.14. The molecule has 0 aliphatic carbocycles. The highest BCUT2D eigenvalue weighted by molar-refractivity contribution is 5.82. The molecule has 0 aliphatic rings. The molecule has 0 N–H and O–H groups in total. The first-order chi connectivity index (χ1) is 15.0. The van der Waals surface area contributed by atoms with Crippen molar-refractivity contribution < 1.29 is 23.6 Å². The van der Waals surface area contributed by atoms with Crippen molar-refractivity contribution in [3.05, 3.63) is 81.2 Å². The van der Waals surface area contributed by atoms with Gasteiger partial charge in [0.25, 0.3) is 5.69 Å². The Kier molecular flexibility index (Phi) is 5.23. The number of methoxy groups -OCH3 is 2.